The number of carbonyl (C=O) groups is 2. The summed E-state index contributed by atoms with van der Waals surface area (Å²) in [4.78, 5) is 28.3. The molecule has 2 aromatic heterocycles. The number of thiophene rings is 1. The lowest BCUT2D eigenvalue weighted by atomic mass is 10.2. The van der Waals surface area contributed by atoms with Gasteiger partial charge in [0.25, 0.3) is 17.7 Å². The molecule has 4 heterocycles. The van der Waals surface area contributed by atoms with E-state index in [-0.39, 0.29) is 18.1 Å². The second-order valence-corrected chi connectivity index (χ2v) is 7.80. The summed E-state index contributed by atoms with van der Waals surface area (Å²) in [5.41, 5.74) is 0.155. The van der Waals surface area contributed by atoms with Gasteiger partial charge in [0.2, 0.25) is 0 Å². The molecule has 11 heteroatoms. The Morgan fingerprint density at radius 2 is 2.07 bits per heavy atom. The third kappa shape index (κ3) is 3.90. The molecule has 4 rings (SSSR count). The van der Waals surface area contributed by atoms with E-state index in [1.54, 1.807) is 22.4 Å². The van der Waals surface area contributed by atoms with E-state index >= 15 is 0 Å². The topological polar surface area (TPSA) is 80.6 Å². The first-order chi connectivity index (χ1) is 13.4. The van der Waals surface area contributed by atoms with Crippen molar-refractivity contribution in [2.24, 2.45) is 0 Å². The highest BCUT2D eigenvalue weighted by Gasteiger charge is 2.47. The zero-order valence-electron chi connectivity index (χ0n) is 15.0. The van der Waals surface area contributed by atoms with Gasteiger partial charge in [-0.3, -0.25) is 9.59 Å². The van der Waals surface area contributed by atoms with E-state index in [9.17, 15) is 18.4 Å². The number of nitrogens with zero attached hydrogens (tertiary/aromatic N) is 5. The summed E-state index contributed by atoms with van der Waals surface area (Å²) in [5, 5.41) is 9.52. The number of alkyl halides is 2. The number of aromatic nitrogens is 3. The number of amides is 2. The van der Waals surface area contributed by atoms with Crippen LogP contribution in [-0.4, -0.2) is 81.4 Å². The molecule has 0 radical (unpaired) electrons. The van der Waals surface area contributed by atoms with Crippen LogP contribution >= 0.6 is 11.3 Å². The Kier molecular flexibility index (Phi) is 5.11. The van der Waals surface area contributed by atoms with Crippen LogP contribution in [0.2, 0.25) is 0 Å². The highest BCUT2D eigenvalue weighted by Crippen LogP contribution is 2.34. The fourth-order valence-electron chi connectivity index (χ4n) is 3.47. The van der Waals surface area contributed by atoms with Crippen molar-refractivity contribution < 1.29 is 23.1 Å². The van der Waals surface area contributed by atoms with Crippen LogP contribution in [0.5, 0.6) is 0 Å². The molecule has 2 saturated heterocycles. The number of likely N-dealkylation sites (tertiary alicyclic amines) is 1. The van der Waals surface area contributed by atoms with Crippen LogP contribution in [-0.2, 0) is 11.3 Å². The van der Waals surface area contributed by atoms with Crippen LogP contribution in [0.15, 0.2) is 23.7 Å². The molecule has 2 aliphatic heterocycles. The maximum Gasteiger partial charge on any atom is 0.276 e. The predicted molar refractivity (Wildman–Crippen MR) is 95.5 cm³/mol. The zero-order chi connectivity index (χ0) is 19.7. The van der Waals surface area contributed by atoms with Gasteiger partial charge in [-0.1, -0.05) is 11.3 Å². The fraction of sp³-hybridized carbons (Fsp3) is 0.529. The van der Waals surface area contributed by atoms with Gasteiger partial charge < -0.3 is 14.5 Å². The van der Waals surface area contributed by atoms with Crippen molar-refractivity contribution in [2.75, 3.05) is 32.8 Å². The van der Waals surface area contributed by atoms with E-state index < -0.39 is 30.8 Å². The molecule has 0 spiro atoms. The van der Waals surface area contributed by atoms with E-state index in [4.69, 9.17) is 4.74 Å². The molecule has 2 amide bonds. The summed E-state index contributed by atoms with van der Waals surface area (Å²) in [7, 11) is 0. The van der Waals surface area contributed by atoms with Crippen LogP contribution in [0.3, 0.4) is 0 Å². The van der Waals surface area contributed by atoms with Crippen molar-refractivity contribution in [3.63, 3.8) is 0 Å². The van der Waals surface area contributed by atoms with Crippen LogP contribution in [0.25, 0.3) is 0 Å². The second kappa shape index (κ2) is 7.55. The molecule has 0 saturated carbocycles. The average Bonchev–Trinajstić information content (AvgIpc) is 3.42. The molecule has 0 aromatic carbocycles. The minimum absolute atomic E-state index is 0.0517. The number of hydrogen-bond donors (Lipinski definition) is 0. The van der Waals surface area contributed by atoms with E-state index in [0.29, 0.717) is 31.2 Å². The minimum atomic E-state index is -2.95. The summed E-state index contributed by atoms with van der Waals surface area (Å²) >= 11 is 1.22. The molecule has 8 nitrogen and oxygen atoms in total. The number of ether oxygens (including phenoxy) is 1. The Bertz CT molecular complexity index is 851. The molecule has 28 heavy (non-hydrogen) atoms. The van der Waals surface area contributed by atoms with Crippen molar-refractivity contribution in [2.45, 2.75) is 24.9 Å². The van der Waals surface area contributed by atoms with Crippen molar-refractivity contribution in [3.8, 4) is 0 Å². The highest BCUT2D eigenvalue weighted by molar-refractivity contribution is 7.12. The average molecular weight is 411 g/mol. The van der Waals surface area contributed by atoms with Crippen molar-refractivity contribution in [1.29, 1.82) is 0 Å². The first-order valence-corrected chi connectivity index (χ1v) is 9.80. The Hall–Kier alpha value is -2.40. The van der Waals surface area contributed by atoms with Gasteiger partial charge in [-0.05, 0) is 11.4 Å². The number of carbonyl (C=O) groups excluding carboxylic acids is 2. The van der Waals surface area contributed by atoms with Gasteiger partial charge in [-0.25, -0.2) is 13.5 Å². The largest absolute Gasteiger partial charge is 0.378 e. The third-order valence-electron chi connectivity index (χ3n) is 4.82. The Balaban J connectivity index is 1.47. The first-order valence-electron chi connectivity index (χ1n) is 8.92. The second-order valence-electron chi connectivity index (χ2n) is 6.85. The van der Waals surface area contributed by atoms with E-state index in [1.165, 1.54) is 27.1 Å². The zero-order valence-corrected chi connectivity index (χ0v) is 15.8. The van der Waals surface area contributed by atoms with Gasteiger partial charge in [0, 0.05) is 19.5 Å². The summed E-state index contributed by atoms with van der Waals surface area (Å²) in [6.45, 7) is 1.32. The molecule has 2 aliphatic rings. The van der Waals surface area contributed by atoms with Crippen LogP contribution in [0.1, 0.15) is 26.6 Å². The standard InChI is InChI=1S/C17H19F2N5O3S/c18-17(19)8-12(24(11-17)16(26)14-2-1-7-28-14)9-23-10-13(20-21-23)15(25)22-3-5-27-6-4-22/h1-2,7,10,12H,3-6,8-9,11H2/t12-/m0/s1. The van der Waals surface area contributed by atoms with Crippen molar-refractivity contribution in [1.82, 2.24) is 24.8 Å². The summed E-state index contributed by atoms with van der Waals surface area (Å²) < 4.78 is 34.6. The molecule has 1 atom stereocenters. The lowest BCUT2D eigenvalue weighted by molar-refractivity contribution is 0.0118. The molecule has 0 aliphatic carbocycles. The third-order valence-corrected chi connectivity index (χ3v) is 5.68. The maximum atomic E-state index is 14.0. The Labute approximate surface area is 163 Å². The molecule has 0 bridgehead atoms. The smallest absolute Gasteiger partial charge is 0.276 e. The molecular weight excluding hydrogens is 392 g/mol. The lowest BCUT2D eigenvalue weighted by Crippen LogP contribution is -2.40. The number of hydrogen-bond acceptors (Lipinski definition) is 6. The summed E-state index contributed by atoms with van der Waals surface area (Å²) in [6.07, 6.45) is 0.999. The van der Waals surface area contributed by atoms with E-state index in [0.717, 1.165) is 0 Å². The molecule has 150 valence electrons. The minimum Gasteiger partial charge on any atom is -0.378 e. The fourth-order valence-corrected chi connectivity index (χ4v) is 4.15. The first kappa shape index (κ1) is 18.9. The van der Waals surface area contributed by atoms with Gasteiger partial charge in [-0.2, -0.15) is 0 Å². The van der Waals surface area contributed by atoms with E-state index in [2.05, 4.69) is 10.3 Å². The van der Waals surface area contributed by atoms with Crippen LogP contribution < -0.4 is 0 Å². The predicted octanol–water partition coefficient (Wildman–Crippen LogP) is 1.36. The lowest BCUT2D eigenvalue weighted by Gasteiger charge is -2.25. The number of morpholine rings is 1. The van der Waals surface area contributed by atoms with Crippen LogP contribution in [0.4, 0.5) is 8.78 Å². The normalized spacial score (nSPS) is 21.9. The quantitative estimate of drug-likeness (QED) is 0.759. The Morgan fingerprint density at radius 3 is 2.79 bits per heavy atom. The van der Waals surface area contributed by atoms with E-state index in [1.807, 2.05) is 0 Å². The van der Waals surface area contributed by atoms with Gasteiger partial charge >= 0.3 is 0 Å². The number of rotatable bonds is 4. The van der Waals surface area contributed by atoms with Gasteiger partial charge in [0.1, 0.15) is 0 Å². The van der Waals surface area contributed by atoms with Gasteiger partial charge in [0.15, 0.2) is 5.69 Å². The van der Waals surface area contributed by atoms with Crippen molar-refractivity contribution >= 4 is 23.2 Å². The Morgan fingerprint density at radius 1 is 1.29 bits per heavy atom. The number of halogens is 2. The van der Waals surface area contributed by atoms with Gasteiger partial charge in [0.05, 0.1) is 43.4 Å². The molecule has 0 N–H and O–H groups in total. The van der Waals surface area contributed by atoms with Crippen LogP contribution in [0, 0.1) is 0 Å². The monoisotopic (exact) mass is 411 g/mol. The molecule has 0 unspecified atom stereocenters. The maximum absolute atomic E-state index is 14.0. The molecular formula is C17H19F2N5O3S. The highest BCUT2D eigenvalue weighted by atomic mass is 32.1. The summed E-state index contributed by atoms with van der Waals surface area (Å²) in [6, 6.07) is 2.61. The summed E-state index contributed by atoms with van der Waals surface area (Å²) in [5.74, 6) is -3.63. The molecule has 2 aromatic rings. The van der Waals surface area contributed by atoms with Gasteiger partial charge in [-0.15, -0.1) is 16.4 Å². The SMILES string of the molecule is O=C(c1cn(C[C@@H]2CC(F)(F)CN2C(=O)c2cccs2)nn1)N1CCOCC1. The van der Waals surface area contributed by atoms with Crippen molar-refractivity contribution in [3.05, 3.63) is 34.3 Å². The molecule has 2 fully saturated rings.